The highest BCUT2D eigenvalue weighted by molar-refractivity contribution is 7.89. The lowest BCUT2D eigenvalue weighted by Crippen LogP contribution is -2.58. The molecule has 0 bridgehead atoms. The molecule has 1 saturated heterocycles. The number of halogens is 3. The number of nitrogens with one attached hydrogen (secondary N) is 1. The molecular weight excluding hydrogens is 524 g/mol. The van der Waals surface area contributed by atoms with E-state index in [2.05, 4.69) is 24.7 Å². The minimum absolute atomic E-state index is 0.106. The van der Waals surface area contributed by atoms with E-state index < -0.39 is 10.0 Å². The van der Waals surface area contributed by atoms with Gasteiger partial charge in [0.2, 0.25) is 0 Å². The maximum absolute atomic E-state index is 13.4. The van der Waals surface area contributed by atoms with Crippen molar-refractivity contribution in [1.82, 2.24) is 14.7 Å². The van der Waals surface area contributed by atoms with Gasteiger partial charge in [0, 0.05) is 19.6 Å². The molecule has 7 nitrogen and oxygen atoms in total. The molecule has 1 N–H and O–H groups in total. The number of hydrogen-bond acceptors (Lipinski definition) is 5. The van der Waals surface area contributed by atoms with Gasteiger partial charge >= 0.3 is 0 Å². The number of nitrogens with zero attached hydrogens (tertiary/aromatic N) is 4. The third-order valence-electron chi connectivity index (χ3n) is 6.56. The number of rotatable bonds is 5. The minimum Gasteiger partial charge on any atom is -0.352 e. The number of aromatic nitrogens is 1. The Morgan fingerprint density at radius 2 is 1.75 bits per heavy atom. The smallest absolute Gasteiger partial charge is 0.276 e. The van der Waals surface area contributed by atoms with E-state index in [9.17, 15) is 12.8 Å². The molecule has 2 fully saturated rings. The zero-order chi connectivity index (χ0) is 25.5. The Balaban J connectivity index is 1.50. The molecule has 0 unspecified atom stereocenters. The molecule has 11 heteroatoms. The number of amidine groups is 1. The maximum atomic E-state index is 13.4. The summed E-state index contributed by atoms with van der Waals surface area (Å²) in [4.78, 5) is 10.9. The van der Waals surface area contributed by atoms with Crippen molar-refractivity contribution in [1.29, 1.82) is 0 Å². The Kier molecular flexibility index (Phi) is 6.57. The van der Waals surface area contributed by atoms with Gasteiger partial charge in [-0.15, -0.1) is 5.10 Å². The average molecular weight is 548 g/mol. The van der Waals surface area contributed by atoms with Crippen molar-refractivity contribution in [2.75, 3.05) is 24.5 Å². The fourth-order valence-electron chi connectivity index (χ4n) is 4.47. The summed E-state index contributed by atoms with van der Waals surface area (Å²) in [5.41, 5.74) is 1.11. The summed E-state index contributed by atoms with van der Waals surface area (Å²) in [5, 5.41) is 5.15. The number of hydrogen-bond donors (Lipinski definition) is 1. The van der Waals surface area contributed by atoms with Crippen LogP contribution in [0.1, 0.15) is 24.0 Å². The second kappa shape index (κ2) is 9.53. The Morgan fingerprint density at radius 1 is 1.06 bits per heavy atom. The number of anilines is 1. The molecule has 5 rings (SSSR count). The number of hydrazone groups is 1. The summed E-state index contributed by atoms with van der Waals surface area (Å²) in [6.45, 7) is 3.60. The quantitative estimate of drug-likeness (QED) is 0.281. The van der Waals surface area contributed by atoms with Crippen LogP contribution in [0.3, 0.4) is 0 Å². The molecule has 2 aromatic carbocycles. The largest absolute Gasteiger partial charge is 0.352 e. The molecule has 1 aliphatic heterocycles. The monoisotopic (exact) mass is 547 g/mol. The van der Waals surface area contributed by atoms with E-state index in [1.807, 2.05) is 6.92 Å². The van der Waals surface area contributed by atoms with Crippen LogP contribution in [0.2, 0.25) is 10.0 Å². The third-order valence-corrected chi connectivity index (χ3v) is 8.41. The molecule has 1 aromatic heterocycles. The van der Waals surface area contributed by atoms with Crippen molar-refractivity contribution < 1.29 is 12.8 Å². The van der Waals surface area contributed by atoms with Gasteiger partial charge in [0.1, 0.15) is 11.6 Å². The summed E-state index contributed by atoms with van der Waals surface area (Å²) in [6, 6.07) is 14.7. The first-order valence-corrected chi connectivity index (χ1v) is 13.7. The number of benzene rings is 2. The fraction of sp³-hybridized carbons (Fsp3) is 0.280. The van der Waals surface area contributed by atoms with Crippen LogP contribution in [0, 0.1) is 12.7 Å². The number of pyridine rings is 1. The highest BCUT2D eigenvalue weighted by Gasteiger charge is 2.53. The van der Waals surface area contributed by atoms with E-state index in [0.717, 1.165) is 18.4 Å². The van der Waals surface area contributed by atoms with Crippen LogP contribution in [0.15, 0.2) is 70.8 Å². The van der Waals surface area contributed by atoms with Gasteiger partial charge in [-0.1, -0.05) is 47.0 Å². The second-order valence-corrected chi connectivity index (χ2v) is 11.5. The van der Waals surface area contributed by atoms with Crippen molar-refractivity contribution in [3.05, 3.63) is 87.8 Å². The van der Waals surface area contributed by atoms with Gasteiger partial charge in [-0.3, -0.25) is 0 Å². The zero-order valence-corrected chi connectivity index (χ0v) is 21.8. The Morgan fingerprint density at radius 3 is 2.36 bits per heavy atom. The van der Waals surface area contributed by atoms with E-state index >= 15 is 0 Å². The predicted molar refractivity (Wildman–Crippen MR) is 140 cm³/mol. The van der Waals surface area contributed by atoms with Crippen molar-refractivity contribution in [3.63, 3.8) is 0 Å². The first-order valence-electron chi connectivity index (χ1n) is 11.4. The molecule has 36 heavy (non-hydrogen) atoms. The summed E-state index contributed by atoms with van der Waals surface area (Å²) in [6.07, 6.45) is 2.95. The predicted octanol–water partition coefficient (Wildman–Crippen LogP) is 4.83. The van der Waals surface area contributed by atoms with Gasteiger partial charge in [-0.25, -0.2) is 9.37 Å². The summed E-state index contributed by atoms with van der Waals surface area (Å²) in [5.74, 6) is 0.671. The summed E-state index contributed by atoms with van der Waals surface area (Å²) in [7, 11) is -3.93. The normalized spacial score (nSPS) is 17.4. The van der Waals surface area contributed by atoms with Crippen molar-refractivity contribution in [2.24, 2.45) is 5.10 Å². The second-order valence-electron chi connectivity index (χ2n) is 9.07. The van der Waals surface area contributed by atoms with Crippen molar-refractivity contribution >= 4 is 44.9 Å². The molecule has 0 radical (unpaired) electrons. The third kappa shape index (κ3) is 4.87. The van der Waals surface area contributed by atoms with Crippen LogP contribution in [0.25, 0.3) is 0 Å². The molecule has 188 valence electrons. The lowest BCUT2D eigenvalue weighted by atomic mass is 10.1. The molecule has 3 aromatic rings. The number of piperazine rings is 1. The molecule has 0 amide bonds. The van der Waals surface area contributed by atoms with Gasteiger partial charge in [0.25, 0.3) is 10.0 Å². The molecule has 1 aliphatic carbocycles. The standard InChI is InChI=1S/C25H24Cl2FN5O2S/c1-17-5-8-19(9-6-17)36(34,35)31-30-24(23-20(26)3-2-4-21(23)27)33-14-13-32(16-25(33)11-12-25)22-10-7-18(28)15-29-22/h2-10,15,31H,11-14,16H2,1H3/b30-24-. The van der Waals surface area contributed by atoms with E-state index in [-0.39, 0.29) is 16.3 Å². The molecule has 2 heterocycles. The minimum atomic E-state index is -3.93. The Bertz CT molecular complexity index is 1390. The molecule has 1 saturated carbocycles. The Labute approximate surface area is 219 Å². The fourth-order valence-corrected chi connectivity index (χ4v) is 5.84. The Hall–Kier alpha value is -2.88. The van der Waals surface area contributed by atoms with Crippen molar-refractivity contribution in [2.45, 2.75) is 30.2 Å². The van der Waals surface area contributed by atoms with Gasteiger partial charge in [-0.2, -0.15) is 13.2 Å². The van der Waals surface area contributed by atoms with Gasteiger partial charge < -0.3 is 9.80 Å². The van der Waals surface area contributed by atoms with Crippen LogP contribution in [0.4, 0.5) is 10.2 Å². The lowest BCUT2D eigenvalue weighted by molar-refractivity contribution is 0.259. The highest BCUT2D eigenvalue weighted by atomic mass is 35.5. The SMILES string of the molecule is Cc1ccc(S(=O)(=O)N/N=C(/c2c(Cl)cccc2Cl)N2CCN(c3ccc(F)cn3)CC23CC3)cc1. The van der Waals surface area contributed by atoms with Gasteiger partial charge in [0.05, 0.1) is 32.2 Å². The lowest BCUT2D eigenvalue weighted by Gasteiger charge is -2.44. The van der Waals surface area contributed by atoms with E-state index in [4.69, 9.17) is 23.2 Å². The van der Waals surface area contributed by atoms with E-state index in [0.29, 0.717) is 46.9 Å². The highest BCUT2D eigenvalue weighted by Crippen LogP contribution is 2.46. The van der Waals surface area contributed by atoms with Gasteiger partial charge in [0.15, 0.2) is 5.84 Å². The van der Waals surface area contributed by atoms with Crippen LogP contribution in [-0.4, -0.2) is 49.3 Å². The topological polar surface area (TPSA) is 77.9 Å². The molecule has 2 aliphatic rings. The first kappa shape index (κ1) is 24.8. The first-order chi connectivity index (χ1) is 17.2. The van der Waals surface area contributed by atoms with Crippen LogP contribution >= 0.6 is 23.2 Å². The van der Waals surface area contributed by atoms with Crippen LogP contribution in [0.5, 0.6) is 0 Å². The molecule has 1 spiro atoms. The van der Waals surface area contributed by atoms with Crippen molar-refractivity contribution in [3.8, 4) is 0 Å². The van der Waals surface area contributed by atoms with E-state index in [1.165, 1.54) is 24.4 Å². The zero-order valence-electron chi connectivity index (χ0n) is 19.5. The van der Waals surface area contributed by atoms with E-state index in [1.54, 1.807) is 36.4 Å². The summed E-state index contributed by atoms with van der Waals surface area (Å²) >= 11 is 13.1. The van der Waals surface area contributed by atoms with Crippen LogP contribution < -0.4 is 9.73 Å². The molecular formula is C25H24Cl2FN5O2S. The number of sulfonamides is 1. The number of aryl methyl sites for hydroxylation is 1. The van der Waals surface area contributed by atoms with Gasteiger partial charge in [-0.05, 0) is 56.2 Å². The van der Waals surface area contributed by atoms with Crippen LogP contribution in [-0.2, 0) is 10.0 Å². The maximum Gasteiger partial charge on any atom is 0.276 e. The summed E-state index contributed by atoms with van der Waals surface area (Å²) < 4.78 is 39.4. The average Bonchev–Trinajstić information content (AvgIpc) is 3.61. The molecule has 0 atom stereocenters.